The number of hydrogen-bond donors (Lipinski definition) is 3. The van der Waals surface area contributed by atoms with Crippen molar-refractivity contribution in [2.75, 3.05) is 12.0 Å². The van der Waals surface area contributed by atoms with Gasteiger partial charge in [0.2, 0.25) is 0 Å². The lowest BCUT2D eigenvalue weighted by Gasteiger charge is -2.09. The van der Waals surface area contributed by atoms with Gasteiger partial charge in [0.25, 0.3) is 5.91 Å². The number of aryl methyl sites for hydroxylation is 1. The fourth-order valence-electron chi connectivity index (χ4n) is 2.12. The number of anilines is 1. The van der Waals surface area contributed by atoms with E-state index in [2.05, 4.69) is 10.7 Å². The molecule has 0 aliphatic rings. The fraction of sp³-hybridized carbons (Fsp3) is 0.188. The number of nitrogens with one attached hydrogen (secondary N) is 2. The Bertz CT molecular complexity index is 643. The van der Waals surface area contributed by atoms with E-state index in [1.54, 1.807) is 36.4 Å². The van der Waals surface area contributed by atoms with Gasteiger partial charge in [-0.25, -0.2) is 4.39 Å². The van der Waals surface area contributed by atoms with E-state index in [4.69, 9.17) is 5.84 Å². The number of hydrazine groups is 1. The highest BCUT2D eigenvalue weighted by molar-refractivity contribution is 5.96. The van der Waals surface area contributed by atoms with Gasteiger partial charge in [0, 0.05) is 17.8 Å². The van der Waals surface area contributed by atoms with Crippen molar-refractivity contribution < 1.29 is 9.18 Å². The molecule has 0 aliphatic carbocycles. The highest BCUT2D eigenvalue weighted by atomic mass is 19.1. The summed E-state index contributed by atoms with van der Waals surface area (Å²) in [5, 5.41) is 2.80. The molecule has 110 valence electrons. The number of nitrogen functional groups attached to an aromatic ring is 1. The molecule has 1 amide bonds. The minimum atomic E-state index is -0.249. The standard InChI is InChI=1S/C16H18FN3O/c1-11-10-13(20-18)6-7-14(11)16(21)19-9-8-12-4-2-3-5-15(12)17/h2-7,10,20H,8-9,18H2,1H3,(H,19,21). The van der Waals surface area contributed by atoms with Crippen LogP contribution in [0.1, 0.15) is 21.5 Å². The molecule has 21 heavy (non-hydrogen) atoms. The van der Waals surface area contributed by atoms with E-state index in [9.17, 15) is 9.18 Å². The van der Waals surface area contributed by atoms with Crippen molar-refractivity contribution in [1.82, 2.24) is 5.32 Å². The van der Waals surface area contributed by atoms with Crippen LogP contribution < -0.4 is 16.6 Å². The molecule has 0 bridgehead atoms. The largest absolute Gasteiger partial charge is 0.352 e. The van der Waals surface area contributed by atoms with Gasteiger partial charge < -0.3 is 10.7 Å². The number of hydrogen-bond acceptors (Lipinski definition) is 3. The van der Waals surface area contributed by atoms with E-state index >= 15 is 0 Å². The highest BCUT2D eigenvalue weighted by Crippen LogP contribution is 2.14. The van der Waals surface area contributed by atoms with Crippen LogP contribution in [0.2, 0.25) is 0 Å². The SMILES string of the molecule is Cc1cc(NN)ccc1C(=O)NCCc1ccccc1F. The summed E-state index contributed by atoms with van der Waals surface area (Å²) in [5.74, 6) is 4.90. The molecule has 0 atom stereocenters. The Labute approximate surface area is 123 Å². The summed E-state index contributed by atoms with van der Waals surface area (Å²) >= 11 is 0. The molecular formula is C16H18FN3O. The predicted octanol–water partition coefficient (Wildman–Crippen LogP) is 2.39. The van der Waals surface area contributed by atoms with Crippen LogP contribution in [0.3, 0.4) is 0 Å². The van der Waals surface area contributed by atoms with Crippen molar-refractivity contribution in [3.8, 4) is 0 Å². The zero-order chi connectivity index (χ0) is 15.2. The quantitative estimate of drug-likeness (QED) is 0.584. The Kier molecular flexibility index (Phi) is 4.90. The Balaban J connectivity index is 1.95. The lowest BCUT2D eigenvalue weighted by Crippen LogP contribution is -2.26. The van der Waals surface area contributed by atoms with Gasteiger partial charge in [-0.2, -0.15) is 0 Å². The van der Waals surface area contributed by atoms with E-state index in [0.717, 1.165) is 11.3 Å². The first kappa shape index (κ1) is 15.0. The number of halogens is 1. The lowest BCUT2D eigenvalue weighted by molar-refractivity contribution is 0.0953. The van der Waals surface area contributed by atoms with Crippen LogP contribution in [0.4, 0.5) is 10.1 Å². The third-order valence-corrected chi connectivity index (χ3v) is 3.28. The van der Waals surface area contributed by atoms with Gasteiger partial charge in [-0.3, -0.25) is 10.6 Å². The van der Waals surface area contributed by atoms with Crippen LogP contribution in [0.5, 0.6) is 0 Å². The number of carbonyl (C=O) groups is 1. The first-order valence-electron chi connectivity index (χ1n) is 6.70. The zero-order valence-electron chi connectivity index (χ0n) is 11.8. The smallest absolute Gasteiger partial charge is 0.251 e. The molecule has 2 rings (SSSR count). The second kappa shape index (κ2) is 6.85. The highest BCUT2D eigenvalue weighted by Gasteiger charge is 2.09. The third-order valence-electron chi connectivity index (χ3n) is 3.28. The van der Waals surface area contributed by atoms with Crippen molar-refractivity contribution in [2.45, 2.75) is 13.3 Å². The van der Waals surface area contributed by atoms with Crippen molar-refractivity contribution in [3.63, 3.8) is 0 Å². The molecule has 0 spiro atoms. The van der Waals surface area contributed by atoms with Gasteiger partial charge >= 0.3 is 0 Å². The Morgan fingerprint density at radius 3 is 2.67 bits per heavy atom. The molecule has 0 aromatic heterocycles. The van der Waals surface area contributed by atoms with E-state index in [0.29, 0.717) is 24.1 Å². The molecule has 0 unspecified atom stereocenters. The predicted molar refractivity (Wildman–Crippen MR) is 81.4 cm³/mol. The summed E-state index contributed by atoms with van der Waals surface area (Å²) in [7, 11) is 0. The molecule has 0 heterocycles. The summed E-state index contributed by atoms with van der Waals surface area (Å²) in [6, 6.07) is 11.8. The Morgan fingerprint density at radius 2 is 2.00 bits per heavy atom. The van der Waals surface area contributed by atoms with Crippen LogP contribution in [0, 0.1) is 12.7 Å². The van der Waals surface area contributed by atoms with Crippen molar-refractivity contribution in [2.24, 2.45) is 5.84 Å². The molecule has 2 aromatic rings. The summed E-state index contributed by atoms with van der Waals surface area (Å²) in [4.78, 5) is 12.1. The van der Waals surface area contributed by atoms with Gasteiger partial charge in [-0.1, -0.05) is 18.2 Å². The average Bonchev–Trinajstić information content (AvgIpc) is 2.48. The van der Waals surface area contributed by atoms with Crippen molar-refractivity contribution in [3.05, 3.63) is 65.0 Å². The van der Waals surface area contributed by atoms with Gasteiger partial charge in [0.1, 0.15) is 5.82 Å². The van der Waals surface area contributed by atoms with Crippen molar-refractivity contribution in [1.29, 1.82) is 0 Å². The fourth-order valence-corrected chi connectivity index (χ4v) is 2.12. The average molecular weight is 287 g/mol. The maximum Gasteiger partial charge on any atom is 0.251 e. The summed E-state index contributed by atoms with van der Waals surface area (Å²) < 4.78 is 13.5. The maximum atomic E-state index is 13.5. The van der Waals surface area contributed by atoms with Crippen molar-refractivity contribution >= 4 is 11.6 Å². The second-order valence-electron chi connectivity index (χ2n) is 4.77. The number of benzene rings is 2. The zero-order valence-corrected chi connectivity index (χ0v) is 11.8. The Hall–Kier alpha value is -2.40. The normalized spacial score (nSPS) is 10.2. The third kappa shape index (κ3) is 3.79. The van der Waals surface area contributed by atoms with Gasteiger partial charge in [0.05, 0.1) is 0 Å². The molecule has 4 N–H and O–H groups in total. The monoisotopic (exact) mass is 287 g/mol. The van der Waals surface area contributed by atoms with Gasteiger partial charge in [0.15, 0.2) is 0 Å². The maximum absolute atomic E-state index is 13.5. The number of rotatable bonds is 5. The minimum Gasteiger partial charge on any atom is -0.352 e. The van der Waals surface area contributed by atoms with Crippen LogP contribution in [0.15, 0.2) is 42.5 Å². The van der Waals surface area contributed by atoms with E-state index in [1.807, 2.05) is 6.92 Å². The van der Waals surface area contributed by atoms with Crippen LogP contribution >= 0.6 is 0 Å². The minimum absolute atomic E-state index is 0.174. The van der Waals surface area contributed by atoms with Gasteiger partial charge in [-0.05, 0) is 48.7 Å². The molecule has 0 aliphatic heterocycles. The lowest BCUT2D eigenvalue weighted by atomic mass is 10.1. The molecular weight excluding hydrogens is 269 g/mol. The van der Waals surface area contributed by atoms with E-state index < -0.39 is 0 Å². The molecule has 0 saturated carbocycles. The molecule has 0 fully saturated rings. The molecule has 4 nitrogen and oxygen atoms in total. The van der Waals surface area contributed by atoms with E-state index in [1.165, 1.54) is 6.07 Å². The summed E-state index contributed by atoms with van der Waals surface area (Å²) in [6.07, 6.45) is 0.458. The number of carbonyl (C=O) groups excluding carboxylic acids is 1. The Morgan fingerprint density at radius 1 is 1.24 bits per heavy atom. The molecule has 0 saturated heterocycles. The number of nitrogens with two attached hydrogens (primary N) is 1. The second-order valence-corrected chi connectivity index (χ2v) is 4.77. The first-order chi connectivity index (χ1) is 10.1. The van der Waals surface area contributed by atoms with Crippen LogP contribution in [-0.2, 0) is 6.42 Å². The molecule has 5 heteroatoms. The molecule has 2 aromatic carbocycles. The van der Waals surface area contributed by atoms with E-state index in [-0.39, 0.29) is 11.7 Å². The summed E-state index contributed by atoms with van der Waals surface area (Å²) in [6.45, 7) is 2.22. The first-order valence-corrected chi connectivity index (χ1v) is 6.70. The van der Waals surface area contributed by atoms with Crippen LogP contribution in [0.25, 0.3) is 0 Å². The van der Waals surface area contributed by atoms with Crippen LogP contribution in [-0.4, -0.2) is 12.5 Å². The van der Waals surface area contributed by atoms with Gasteiger partial charge in [-0.15, -0.1) is 0 Å². The topological polar surface area (TPSA) is 67.1 Å². The summed E-state index contributed by atoms with van der Waals surface area (Å²) in [5.41, 5.74) is 5.29. The number of amides is 1. The molecule has 0 radical (unpaired) electrons.